The molecule has 0 aromatic carbocycles. The number of alkyl halides is 2. The largest absolute Gasteiger partial charge is 0.394 e. The molecule has 0 aromatic heterocycles. The van der Waals surface area contributed by atoms with Crippen molar-refractivity contribution in [1.29, 1.82) is 0 Å². The summed E-state index contributed by atoms with van der Waals surface area (Å²) < 4.78 is 29.8. The van der Waals surface area contributed by atoms with Gasteiger partial charge < -0.3 is 20.1 Å². The lowest BCUT2D eigenvalue weighted by atomic mass is 10.1. The number of thioether (sulfide) groups is 1. The van der Waals surface area contributed by atoms with E-state index < -0.39 is 36.8 Å². The van der Waals surface area contributed by atoms with Crippen LogP contribution in [0.2, 0.25) is 0 Å². The summed E-state index contributed by atoms with van der Waals surface area (Å²) in [6.45, 7) is 0.889. The zero-order valence-electron chi connectivity index (χ0n) is 9.16. The fourth-order valence-corrected chi connectivity index (χ4v) is 2.17. The van der Waals surface area contributed by atoms with Gasteiger partial charge in [0.05, 0.1) is 19.3 Å². The number of hydrogen-bond acceptors (Lipinski definition) is 6. The van der Waals surface area contributed by atoms with Crippen molar-refractivity contribution in [3.8, 4) is 0 Å². The van der Waals surface area contributed by atoms with Gasteiger partial charge in [-0.25, -0.2) is 8.78 Å². The molecule has 17 heavy (non-hydrogen) atoms. The number of ether oxygens (including phenoxy) is 1. The first-order chi connectivity index (χ1) is 7.95. The first kappa shape index (κ1) is 14.8. The van der Waals surface area contributed by atoms with Gasteiger partial charge in [0.2, 0.25) is 0 Å². The van der Waals surface area contributed by atoms with Crippen LogP contribution < -0.4 is 0 Å². The average Bonchev–Trinajstić information content (AvgIpc) is 2.73. The lowest BCUT2D eigenvalue weighted by Gasteiger charge is -2.25. The topological polar surface area (TPSA) is 82.3 Å². The second-order valence-corrected chi connectivity index (χ2v) is 4.80. The van der Waals surface area contributed by atoms with Crippen LogP contribution in [0.25, 0.3) is 0 Å². The molecule has 0 saturated carbocycles. The Hall–Kier alpha value is -0.280. The molecule has 3 N–H and O–H groups in total. The average molecular weight is 271 g/mol. The van der Waals surface area contributed by atoms with E-state index in [9.17, 15) is 13.9 Å². The van der Waals surface area contributed by atoms with Crippen LogP contribution in [0.4, 0.5) is 8.78 Å². The second-order valence-electron chi connectivity index (χ2n) is 3.62. The highest BCUT2D eigenvalue weighted by atomic mass is 32.2. The highest BCUT2D eigenvalue weighted by molar-refractivity contribution is 8.14. The van der Waals surface area contributed by atoms with Gasteiger partial charge >= 0.3 is 0 Å². The molecule has 0 spiro atoms. The van der Waals surface area contributed by atoms with E-state index >= 15 is 0 Å². The number of rotatable bonds is 6. The quantitative estimate of drug-likeness (QED) is 0.625. The summed E-state index contributed by atoms with van der Waals surface area (Å²) in [4.78, 5) is 3.59. The van der Waals surface area contributed by atoms with E-state index in [1.165, 1.54) is 6.92 Å². The van der Waals surface area contributed by atoms with Gasteiger partial charge in [-0.2, -0.15) is 0 Å². The third-order valence-electron chi connectivity index (χ3n) is 2.22. The fraction of sp³-hybridized carbons (Fsp3) is 0.889. The SMILES string of the molecule is C[C@@H](O)[C@H](O)[C@@H](CO)OC1CN=C(C(F)F)S1. The van der Waals surface area contributed by atoms with Crippen molar-refractivity contribution in [3.05, 3.63) is 0 Å². The Balaban J connectivity index is 2.44. The minimum Gasteiger partial charge on any atom is -0.394 e. The van der Waals surface area contributed by atoms with Gasteiger partial charge in [-0.05, 0) is 6.92 Å². The fourth-order valence-electron chi connectivity index (χ4n) is 1.30. The molecular formula is C9H15F2NO4S. The molecule has 0 saturated heterocycles. The van der Waals surface area contributed by atoms with Crippen molar-refractivity contribution in [2.75, 3.05) is 13.2 Å². The van der Waals surface area contributed by atoms with Gasteiger partial charge in [0.15, 0.2) is 0 Å². The maximum atomic E-state index is 12.3. The third kappa shape index (κ3) is 4.14. The predicted molar refractivity (Wildman–Crippen MR) is 59.3 cm³/mol. The van der Waals surface area contributed by atoms with E-state index in [2.05, 4.69) is 4.99 Å². The number of hydrogen-bond donors (Lipinski definition) is 3. The Morgan fingerprint density at radius 3 is 2.59 bits per heavy atom. The Kier molecular flexibility index (Phi) is 5.74. The number of nitrogens with zero attached hydrogens (tertiary/aromatic N) is 1. The van der Waals surface area contributed by atoms with E-state index in [1.54, 1.807) is 0 Å². The molecule has 0 fully saturated rings. The Morgan fingerprint density at radius 2 is 2.18 bits per heavy atom. The molecule has 1 heterocycles. The first-order valence-electron chi connectivity index (χ1n) is 5.07. The summed E-state index contributed by atoms with van der Waals surface area (Å²) in [5, 5.41) is 27.3. The molecule has 0 radical (unpaired) electrons. The van der Waals surface area contributed by atoms with E-state index in [4.69, 9.17) is 14.9 Å². The molecular weight excluding hydrogens is 256 g/mol. The van der Waals surface area contributed by atoms with Gasteiger partial charge in [0.25, 0.3) is 6.43 Å². The Labute approximate surface area is 101 Å². The normalized spacial score (nSPS) is 25.8. The smallest absolute Gasteiger partial charge is 0.285 e. The highest BCUT2D eigenvalue weighted by Crippen LogP contribution is 2.27. The summed E-state index contributed by atoms with van der Waals surface area (Å²) in [7, 11) is 0. The van der Waals surface area contributed by atoms with Crippen molar-refractivity contribution in [3.63, 3.8) is 0 Å². The van der Waals surface area contributed by atoms with Crippen LogP contribution in [-0.4, -0.2) is 63.7 Å². The monoisotopic (exact) mass is 271 g/mol. The van der Waals surface area contributed by atoms with E-state index in [0.29, 0.717) is 0 Å². The minimum absolute atomic E-state index is 0.0490. The number of halogens is 2. The zero-order valence-corrected chi connectivity index (χ0v) is 9.98. The van der Waals surface area contributed by atoms with E-state index in [-0.39, 0.29) is 11.6 Å². The molecule has 100 valence electrons. The summed E-state index contributed by atoms with van der Waals surface area (Å²) in [6, 6.07) is 0. The van der Waals surface area contributed by atoms with Crippen molar-refractivity contribution >= 4 is 16.8 Å². The van der Waals surface area contributed by atoms with Gasteiger partial charge in [-0.15, -0.1) is 0 Å². The van der Waals surface area contributed by atoms with Crippen molar-refractivity contribution in [2.24, 2.45) is 4.99 Å². The summed E-state index contributed by atoms with van der Waals surface area (Å²) in [6.07, 6.45) is -5.99. The van der Waals surface area contributed by atoms with Crippen LogP contribution in [0, 0.1) is 0 Å². The molecule has 0 aromatic rings. The van der Waals surface area contributed by atoms with Gasteiger partial charge in [-0.3, -0.25) is 4.99 Å². The maximum Gasteiger partial charge on any atom is 0.285 e. The van der Waals surface area contributed by atoms with Crippen LogP contribution in [0.15, 0.2) is 4.99 Å². The Bertz CT molecular complexity index is 278. The molecule has 4 atom stereocenters. The van der Waals surface area contributed by atoms with Gasteiger partial charge in [-0.1, -0.05) is 11.8 Å². The zero-order chi connectivity index (χ0) is 13.0. The molecule has 0 amide bonds. The van der Waals surface area contributed by atoms with Gasteiger partial charge in [0.1, 0.15) is 22.7 Å². The van der Waals surface area contributed by atoms with Gasteiger partial charge in [0, 0.05) is 0 Å². The number of aliphatic hydroxyl groups excluding tert-OH is 3. The van der Waals surface area contributed by atoms with Crippen LogP contribution in [0.1, 0.15) is 6.92 Å². The summed E-state index contributed by atoms with van der Waals surface area (Å²) in [5.74, 6) is 0. The lowest BCUT2D eigenvalue weighted by molar-refractivity contribution is -0.107. The van der Waals surface area contributed by atoms with Crippen LogP contribution >= 0.6 is 11.8 Å². The standard InChI is InChI=1S/C9H15F2NO4S/c1-4(14)7(15)5(3-13)16-6-2-12-9(17-6)8(10)11/h4-8,13-15H,2-3H2,1H3/t4-,5-,6?,7+/m1/s1. The van der Waals surface area contributed by atoms with Crippen LogP contribution in [-0.2, 0) is 4.74 Å². The highest BCUT2D eigenvalue weighted by Gasteiger charge is 2.31. The number of aliphatic hydroxyl groups is 3. The second kappa shape index (κ2) is 6.60. The molecule has 0 aliphatic carbocycles. The first-order valence-corrected chi connectivity index (χ1v) is 5.95. The molecule has 1 aliphatic rings. The molecule has 0 bridgehead atoms. The van der Waals surface area contributed by atoms with Crippen LogP contribution in [0.3, 0.4) is 0 Å². The molecule has 8 heteroatoms. The summed E-state index contributed by atoms with van der Waals surface area (Å²) >= 11 is 0.765. The number of aliphatic imine (C=N–C) groups is 1. The predicted octanol–water partition coefficient (Wildman–Crippen LogP) is -0.158. The van der Waals surface area contributed by atoms with Crippen molar-refractivity contribution < 1.29 is 28.8 Å². The lowest BCUT2D eigenvalue weighted by Crippen LogP contribution is -2.41. The molecule has 1 rings (SSSR count). The Morgan fingerprint density at radius 1 is 1.53 bits per heavy atom. The maximum absolute atomic E-state index is 12.3. The van der Waals surface area contributed by atoms with Crippen molar-refractivity contribution in [2.45, 2.75) is 37.1 Å². The van der Waals surface area contributed by atoms with E-state index in [1.807, 2.05) is 0 Å². The van der Waals surface area contributed by atoms with Crippen molar-refractivity contribution in [1.82, 2.24) is 0 Å². The molecule has 1 unspecified atom stereocenters. The van der Waals surface area contributed by atoms with E-state index in [0.717, 1.165) is 11.8 Å². The molecule has 1 aliphatic heterocycles. The van der Waals surface area contributed by atoms with Crippen LogP contribution in [0.5, 0.6) is 0 Å². The third-order valence-corrected chi connectivity index (χ3v) is 3.29. The summed E-state index contributed by atoms with van der Waals surface area (Å²) in [5.41, 5.74) is -0.662. The minimum atomic E-state index is -2.64. The molecule has 5 nitrogen and oxygen atoms in total.